The SMILES string of the molecule is Cl.N[C@@H](CC(=O)O)C(=O)N[C@H](CO)C(Cc1ccccc1)c1ccccc1. The van der Waals surface area contributed by atoms with E-state index in [4.69, 9.17) is 10.8 Å². The van der Waals surface area contributed by atoms with Crippen LogP contribution in [-0.4, -0.2) is 40.8 Å². The van der Waals surface area contributed by atoms with Gasteiger partial charge in [0, 0.05) is 5.92 Å². The van der Waals surface area contributed by atoms with E-state index in [9.17, 15) is 14.7 Å². The summed E-state index contributed by atoms with van der Waals surface area (Å²) >= 11 is 0. The number of aliphatic hydroxyl groups excluding tert-OH is 1. The standard InChI is InChI=1S/C20H24N2O4.ClH/c21-17(12-19(24)25)20(26)22-18(13-23)16(15-9-5-2-6-10-15)11-14-7-3-1-4-8-14;/h1-10,16-18,23H,11-13,21H2,(H,22,26)(H,24,25);1H/t16?,17-,18+;/m0./s1. The largest absolute Gasteiger partial charge is 0.481 e. The third-order valence-corrected chi connectivity index (χ3v) is 4.27. The van der Waals surface area contributed by atoms with Gasteiger partial charge in [0.15, 0.2) is 0 Å². The molecule has 0 saturated carbocycles. The summed E-state index contributed by atoms with van der Waals surface area (Å²) in [6.07, 6.45) is 0.156. The summed E-state index contributed by atoms with van der Waals surface area (Å²) in [7, 11) is 0. The maximum Gasteiger partial charge on any atom is 0.305 e. The van der Waals surface area contributed by atoms with Crippen molar-refractivity contribution in [1.82, 2.24) is 5.32 Å². The zero-order chi connectivity index (χ0) is 18.9. The molecule has 2 aromatic rings. The van der Waals surface area contributed by atoms with Crippen molar-refractivity contribution in [1.29, 1.82) is 0 Å². The number of carboxylic acids is 1. The molecule has 0 aromatic heterocycles. The van der Waals surface area contributed by atoms with Gasteiger partial charge >= 0.3 is 5.97 Å². The molecule has 0 aliphatic carbocycles. The predicted octanol–water partition coefficient (Wildman–Crippen LogP) is 1.71. The summed E-state index contributed by atoms with van der Waals surface area (Å²) in [4.78, 5) is 23.0. The first kappa shape index (κ1) is 22.6. The van der Waals surface area contributed by atoms with Crippen molar-refractivity contribution in [3.63, 3.8) is 0 Å². The fourth-order valence-electron chi connectivity index (χ4n) is 2.90. The van der Waals surface area contributed by atoms with Crippen molar-refractivity contribution >= 4 is 24.3 Å². The fraction of sp³-hybridized carbons (Fsp3) is 0.300. The molecule has 0 fully saturated rings. The van der Waals surface area contributed by atoms with E-state index < -0.39 is 30.4 Å². The molecule has 27 heavy (non-hydrogen) atoms. The molecule has 0 aliphatic rings. The number of carbonyl (C=O) groups excluding carboxylic acids is 1. The van der Waals surface area contributed by atoms with E-state index in [0.29, 0.717) is 6.42 Å². The molecule has 2 aromatic carbocycles. The smallest absolute Gasteiger partial charge is 0.305 e. The topological polar surface area (TPSA) is 113 Å². The predicted molar refractivity (Wildman–Crippen MR) is 106 cm³/mol. The number of amides is 1. The molecular formula is C20H25ClN2O4. The average Bonchev–Trinajstić information content (AvgIpc) is 2.65. The lowest BCUT2D eigenvalue weighted by molar-refractivity contribution is -0.139. The number of nitrogens with one attached hydrogen (secondary N) is 1. The third kappa shape index (κ3) is 7.02. The van der Waals surface area contributed by atoms with Gasteiger partial charge in [-0.3, -0.25) is 9.59 Å². The molecule has 0 spiro atoms. The van der Waals surface area contributed by atoms with E-state index in [1.54, 1.807) is 0 Å². The van der Waals surface area contributed by atoms with Gasteiger partial charge in [0.05, 0.1) is 25.1 Å². The monoisotopic (exact) mass is 392 g/mol. The Labute approximate surface area is 164 Å². The number of benzene rings is 2. The highest BCUT2D eigenvalue weighted by Gasteiger charge is 2.27. The zero-order valence-corrected chi connectivity index (χ0v) is 15.6. The molecular weight excluding hydrogens is 368 g/mol. The molecule has 2 rings (SSSR count). The zero-order valence-electron chi connectivity index (χ0n) is 14.8. The second kappa shape index (κ2) is 11.3. The van der Waals surface area contributed by atoms with E-state index in [1.165, 1.54) is 0 Å². The number of carbonyl (C=O) groups is 2. The van der Waals surface area contributed by atoms with Crippen LogP contribution in [0, 0.1) is 0 Å². The Morgan fingerprint density at radius 3 is 2.07 bits per heavy atom. The van der Waals surface area contributed by atoms with Crippen molar-refractivity contribution in [3.05, 3.63) is 71.8 Å². The van der Waals surface area contributed by atoms with Crippen LogP contribution in [0.3, 0.4) is 0 Å². The number of carboxylic acid groups (broad SMARTS) is 1. The number of halogens is 1. The molecule has 0 aliphatic heterocycles. The Balaban J connectivity index is 0.00000364. The van der Waals surface area contributed by atoms with Gasteiger partial charge < -0.3 is 21.3 Å². The average molecular weight is 393 g/mol. The van der Waals surface area contributed by atoms with E-state index in [1.807, 2.05) is 60.7 Å². The van der Waals surface area contributed by atoms with Crippen LogP contribution in [0.15, 0.2) is 60.7 Å². The first-order valence-corrected chi connectivity index (χ1v) is 8.48. The molecule has 3 atom stereocenters. The minimum Gasteiger partial charge on any atom is -0.481 e. The van der Waals surface area contributed by atoms with E-state index in [-0.39, 0.29) is 24.9 Å². The number of rotatable bonds is 9. The van der Waals surface area contributed by atoms with Crippen molar-refractivity contribution < 1.29 is 19.8 Å². The number of hydrogen-bond donors (Lipinski definition) is 4. The summed E-state index contributed by atoms with van der Waals surface area (Å²) in [6.45, 7) is -0.280. The van der Waals surface area contributed by atoms with Crippen LogP contribution in [0.5, 0.6) is 0 Å². The number of aliphatic carboxylic acids is 1. The number of aliphatic hydroxyl groups is 1. The van der Waals surface area contributed by atoms with Gasteiger partial charge in [-0.05, 0) is 17.5 Å². The van der Waals surface area contributed by atoms with Crippen molar-refractivity contribution in [2.24, 2.45) is 5.73 Å². The summed E-state index contributed by atoms with van der Waals surface area (Å²) in [5, 5.41) is 21.4. The van der Waals surface area contributed by atoms with Gasteiger partial charge in [-0.25, -0.2) is 0 Å². The van der Waals surface area contributed by atoms with Gasteiger partial charge in [-0.2, -0.15) is 0 Å². The van der Waals surface area contributed by atoms with Gasteiger partial charge in [0.1, 0.15) is 0 Å². The van der Waals surface area contributed by atoms with Gasteiger partial charge in [0.2, 0.25) is 5.91 Å². The Kier molecular flexibility index (Phi) is 9.50. The molecule has 1 unspecified atom stereocenters. The maximum atomic E-state index is 12.2. The van der Waals surface area contributed by atoms with Crippen LogP contribution in [0.2, 0.25) is 0 Å². The molecule has 1 amide bonds. The first-order valence-electron chi connectivity index (χ1n) is 8.48. The lowest BCUT2D eigenvalue weighted by Gasteiger charge is -2.28. The molecule has 0 heterocycles. The van der Waals surface area contributed by atoms with Crippen LogP contribution < -0.4 is 11.1 Å². The van der Waals surface area contributed by atoms with Gasteiger partial charge in [-0.15, -0.1) is 12.4 Å². The van der Waals surface area contributed by atoms with E-state index in [0.717, 1.165) is 11.1 Å². The summed E-state index contributed by atoms with van der Waals surface area (Å²) in [6, 6.07) is 17.6. The first-order chi connectivity index (χ1) is 12.5. The molecule has 0 radical (unpaired) electrons. The lowest BCUT2D eigenvalue weighted by Crippen LogP contribution is -2.50. The van der Waals surface area contributed by atoms with Crippen LogP contribution in [-0.2, 0) is 16.0 Å². The van der Waals surface area contributed by atoms with E-state index >= 15 is 0 Å². The quantitative estimate of drug-likeness (QED) is 0.519. The van der Waals surface area contributed by atoms with Crippen LogP contribution >= 0.6 is 12.4 Å². The maximum absolute atomic E-state index is 12.2. The van der Waals surface area contributed by atoms with Gasteiger partial charge in [-0.1, -0.05) is 60.7 Å². The highest BCUT2D eigenvalue weighted by Crippen LogP contribution is 2.24. The van der Waals surface area contributed by atoms with Gasteiger partial charge in [0.25, 0.3) is 0 Å². The lowest BCUT2D eigenvalue weighted by atomic mass is 9.86. The van der Waals surface area contributed by atoms with Crippen molar-refractivity contribution in [3.8, 4) is 0 Å². The third-order valence-electron chi connectivity index (χ3n) is 4.27. The molecule has 5 N–H and O–H groups in total. The van der Waals surface area contributed by atoms with Crippen LogP contribution in [0.4, 0.5) is 0 Å². The Morgan fingerprint density at radius 2 is 1.56 bits per heavy atom. The second-order valence-electron chi connectivity index (χ2n) is 6.21. The molecule has 146 valence electrons. The minimum atomic E-state index is -1.16. The Hall–Kier alpha value is -2.41. The summed E-state index contributed by atoms with van der Waals surface area (Å²) in [5.74, 6) is -1.90. The molecule has 0 saturated heterocycles. The Bertz CT molecular complexity index is 712. The minimum absolute atomic E-state index is 0. The highest BCUT2D eigenvalue weighted by molar-refractivity contribution is 5.86. The van der Waals surface area contributed by atoms with Crippen molar-refractivity contribution in [2.75, 3.05) is 6.61 Å². The number of nitrogens with two attached hydrogens (primary N) is 1. The molecule has 6 nitrogen and oxygen atoms in total. The van der Waals surface area contributed by atoms with Crippen LogP contribution in [0.1, 0.15) is 23.5 Å². The normalized spacial score (nSPS) is 13.7. The van der Waals surface area contributed by atoms with Crippen LogP contribution in [0.25, 0.3) is 0 Å². The Morgan fingerprint density at radius 1 is 1.00 bits per heavy atom. The second-order valence-corrected chi connectivity index (χ2v) is 6.21. The van der Waals surface area contributed by atoms with Crippen molar-refractivity contribution in [2.45, 2.75) is 30.8 Å². The van der Waals surface area contributed by atoms with E-state index in [2.05, 4.69) is 5.32 Å². The number of hydrogen-bond acceptors (Lipinski definition) is 4. The molecule has 7 heteroatoms. The summed E-state index contributed by atoms with van der Waals surface area (Å²) in [5.41, 5.74) is 7.69. The molecule has 0 bridgehead atoms. The fourth-order valence-corrected chi connectivity index (χ4v) is 2.90. The highest BCUT2D eigenvalue weighted by atomic mass is 35.5. The summed E-state index contributed by atoms with van der Waals surface area (Å²) < 4.78 is 0.